The van der Waals surface area contributed by atoms with Crippen LogP contribution in [0.4, 0.5) is 10.1 Å². The quantitative estimate of drug-likeness (QED) is 0.156. The van der Waals surface area contributed by atoms with Crippen molar-refractivity contribution in [3.63, 3.8) is 0 Å². The van der Waals surface area contributed by atoms with Crippen molar-refractivity contribution in [3.05, 3.63) is 69.0 Å². The van der Waals surface area contributed by atoms with Gasteiger partial charge in [0.2, 0.25) is 5.16 Å². The Morgan fingerprint density at radius 3 is 2.75 bits per heavy atom. The smallest absolute Gasteiger partial charge is 0.326 e. The average molecular weight is 565 g/mol. The van der Waals surface area contributed by atoms with Crippen molar-refractivity contribution in [2.75, 3.05) is 17.2 Å². The van der Waals surface area contributed by atoms with Gasteiger partial charge in [-0.15, -0.1) is 16.6 Å². The van der Waals surface area contributed by atoms with Crippen molar-refractivity contribution in [2.24, 2.45) is 0 Å². The molecule has 1 amide bonds. The number of hydrogen-bond donors (Lipinski definition) is 4. The van der Waals surface area contributed by atoms with Crippen molar-refractivity contribution < 1.29 is 19.1 Å². The number of hydrogen-bond acceptors (Lipinski definition) is 9. The fraction of sp³-hybridized carbons (Fsp3) is 0.269. The summed E-state index contributed by atoms with van der Waals surface area (Å²) >= 11 is 1.16. The highest BCUT2D eigenvalue weighted by Gasteiger charge is 2.23. The minimum atomic E-state index is -1.26. The number of carbonyl (C=O) groups is 2. The van der Waals surface area contributed by atoms with Crippen LogP contribution >= 0.6 is 11.8 Å². The number of tetrazole rings is 1. The summed E-state index contributed by atoms with van der Waals surface area (Å²) in [6, 6.07) is 6.28. The molecule has 4 aromatic rings. The molecule has 14 heteroatoms. The van der Waals surface area contributed by atoms with Crippen LogP contribution in [0.2, 0.25) is 0 Å². The molecule has 12 nitrogen and oxygen atoms in total. The number of carboxylic acid groups (broad SMARTS) is 1. The number of rotatable bonds is 11. The maximum Gasteiger partial charge on any atom is 0.326 e. The number of H-pyrrole nitrogens is 2. The summed E-state index contributed by atoms with van der Waals surface area (Å²) in [5, 5.41) is 25.9. The first-order valence-electron chi connectivity index (χ1n) is 12.0. The standard InChI is InChI=1S/C26H25FN8O4S/c1-4-8-35(13-16-11-19-22(10-14(16)2)28-15(3)29-24(19)37)17-5-6-18(20(27)12-17)23(36)30-21(25(38)39)7-9-40-26-31-33-34-32-26/h1,5-6,10-12,21H,7-9,13H2,2-3H3,(H,30,36)(H,38,39)(H,28,29,37)(H,31,32,33,34)/t21-/m0/s1. The van der Waals surface area contributed by atoms with Crippen LogP contribution in [0.1, 0.15) is 33.7 Å². The van der Waals surface area contributed by atoms with E-state index in [0.29, 0.717) is 27.6 Å². The number of amides is 1. The van der Waals surface area contributed by atoms with Gasteiger partial charge >= 0.3 is 5.97 Å². The van der Waals surface area contributed by atoms with Crippen LogP contribution in [0.25, 0.3) is 10.9 Å². The third kappa shape index (κ3) is 6.62. The van der Waals surface area contributed by atoms with Crippen LogP contribution in [-0.4, -0.2) is 65.9 Å². The number of fused-ring (bicyclic) bond motifs is 1. The number of aryl methyl sites for hydroxylation is 2. The summed E-state index contributed by atoms with van der Waals surface area (Å²) in [5.41, 5.74) is 2.08. The Labute approximate surface area is 231 Å². The van der Waals surface area contributed by atoms with Gasteiger partial charge in [-0.3, -0.25) is 9.59 Å². The largest absolute Gasteiger partial charge is 0.480 e. The van der Waals surface area contributed by atoms with Crippen LogP contribution in [0, 0.1) is 32.0 Å². The first kappa shape index (κ1) is 28.2. The molecular weight excluding hydrogens is 539 g/mol. The predicted octanol–water partition coefficient (Wildman–Crippen LogP) is 2.20. The Balaban J connectivity index is 1.50. The van der Waals surface area contributed by atoms with E-state index < -0.39 is 23.7 Å². The highest BCUT2D eigenvalue weighted by Crippen LogP contribution is 2.24. The van der Waals surface area contributed by atoms with E-state index in [0.717, 1.165) is 22.9 Å². The predicted molar refractivity (Wildman–Crippen MR) is 147 cm³/mol. The molecule has 0 spiro atoms. The van der Waals surface area contributed by atoms with E-state index in [-0.39, 0.29) is 36.4 Å². The zero-order chi connectivity index (χ0) is 28.8. The number of aromatic amines is 2. The fourth-order valence-corrected chi connectivity index (χ4v) is 4.78. The molecule has 0 aliphatic rings. The van der Waals surface area contributed by atoms with E-state index in [4.69, 9.17) is 6.42 Å². The SMILES string of the molecule is C#CCN(Cc1cc2c(=O)[nH]c(C)nc2cc1C)c1ccc(C(=O)N[C@@H](CCSc2nn[nH]n2)C(=O)O)c(F)c1. The average Bonchev–Trinajstić information content (AvgIpc) is 3.41. The van der Waals surface area contributed by atoms with Crippen LogP contribution in [-0.2, 0) is 11.3 Å². The lowest BCUT2D eigenvalue weighted by Gasteiger charge is -2.24. The second-order valence-corrected chi connectivity index (χ2v) is 9.93. The molecular formula is C26H25FN8O4S. The molecule has 0 aliphatic carbocycles. The van der Waals surface area contributed by atoms with Crippen LogP contribution in [0.15, 0.2) is 40.3 Å². The number of thioether (sulfide) groups is 1. The number of aliphatic carboxylic acids is 1. The lowest BCUT2D eigenvalue weighted by Crippen LogP contribution is -2.41. The van der Waals surface area contributed by atoms with Crippen molar-refractivity contribution in [1.29, 1.82) is 0 Å². The minimum Gasteiger partial charge on any atom is -0.480 e. The molecule has 2 heterocycles. The molecule has 0 aliphatic heterocycles. The number of carboxylic acids is 1. The van der Waals surface area contributed by atoms with Crippen molar-refractivity contribution in [1.82, 2.24) is 35.9 Å². The normalized spacial score (nSPS) is 11.7. The fourth-order valence-electron chi connectivity index (χ4n) is 4.04. The van der Waals surface area contributed by atoms with Crippen LogP contribution < -0.4 is 15.8 Å². The second kappa shape index (κ2) is 12.4. The number of nitrogens with one attached hydrogen (secondary N) is 3. The molecule has 0 radical (unpaired) electrons. The van der Waals surface area contributed by atoms with E-state index in [1.165, 1.54) is 18.2 Å². The van der Waals surface area contributed by atoms with E-state index in [2.05, 4.69) is 41.8 Å². The van der Waals surface area contributed by atoms with Gasteiger partial charge in [-0.25, -0.2) is 14.2 Å². The Kier molecular flexibility index (Phi) is 8.75. The number of halogens is 1. The van der Waals surface area contributed by atoms with Gasteiger partial charge in [-0.05, 0) is 66.9 Å². The highest BCUT2D eigenvalue weighted by atomic mass is 32.2. The Morgan fingerprint density at radius 2 is 2.08 bits per heavy atom. The summed E-state index contributed by atoms with van der Waals surface area (Å²) in [5.74, 6) is 0.387. The van der Waals surface area contributed by atoms with Gasteiger partial charge in [0, 0.05) is 18.0 Å². The highest BCUT2D eigenvalue weighted by molar-refractivity contribution is 7.99. The van der Waals surface area contributed by atoms with E-state index in [1.54, 1.807) is 17.9 Å². The Hall–Kier alpha value is -4.77. The van der Waals surface area contributed by atoms with Gasteiger partial charge in [-0.2, -0.15) is 5.21 Å². The van der Waals surface area contributed by atoms with Crippen LogP contribution in [0.3, 0.4) is 0 Å². The number of benzene rings is 2. The molecule has 0 fully saturated rings. The van der Waals surface area contributed by atoms with Crippen molar-refractivity contribution in [3.8, 4) is 12.3 Å². The lowest BCUT2D eigenvalue weighted by atomic mass is 10.0. The molecule has 4 rings (SSSR count). The number of nitrogens with zero attached hydrogens (tertiary/aromatic N) is 5. The van der Waals surface area contributed by atoms with Gasteiger partial charge < -0.3 is 20.3 Å². The molecule has 0 saturated heterocycles. The maximum atomic E-state index is 15.1. The monoisotopic (exact) mass is 564 g/mol. The van der Waals surface area contributed by atoms with Crippen LogP contribution in [0.5, 0.6) is 0 Å². The molecule has 1 atom stereocenters. The zero-order valence-corrected chi connectivity index (χ0v) is 22.4. The molecule has 0 bridgehead atoms. The molecule has 40 heavy (non-hydrogen) atoms. The number of carbonyl (C=O) groups excluding carboxylic acids is 1. The molecule has 0 saturated carbocycles. The summed E-state index contributed by atoms with van der Waals surface area (Å²) in [7, 11) is 0. The summed E-state index contributed by atoms with van der Waals surface area (Å²) in [6.45, 7) is 3.98. The third-order valence-corrected chi connectivity index (χ3v) is 6.93. The molecule has 2 aromatic heterocycles. The number of terminal acetylenes is 1. The molecule has 0 unspecified atom stereocenters. The van der Waals surface area contributed by atoms with E-state index in [1.807, 2.05) is 13.0 Å². The maximum absolute atomic E-state index is 15.1. The zero-order valence-electron chi connectivity index (χ0n) is 21.6. The molecule has 2 aromatic carbocycles. The minimum absolute atomic E-state index is 0.0545. The molecule has 206 valence electrons. The van der Waals surface area contributed by atoms with Crippen molar-refractivity contribution in [2.45, 2.75) is 38.0 Å². The Morgan fingerprint density at radius 1 is 1.27 bits per heavy atom. The van der Waals surface area contributed by atoms with E-state index >= 15 is 4.39 Å². The third-order valence-electron chi connectivity index (χ3n) is 6.05. The van der Waals surface area contributed by atoms with Gasteiger partial charge in [-0.1, -0.05) is 17.7 Å². The topological polar surface area (TPSA) is 170 Å². The summed E-state index contributed by atoms with van der Waals surface area (Å²) < 4.78 is 15.1. The van der Waals surface area contributed by atoms with Gasteiger partial charge in [0.25, 0.3) is 11.5 Å². The number of aromatic nitrogens is 6. The Bertz CT molecular complexity index is 1650. The second-order valence-electron chi connectivity index (χ2n) is 8.87. The summed E-state index contributed by atoms with van der Waals surface area (Å²) in [4.78, 5) is 45.6. The van der Waals surface area contributed by atoms with Gasteiger partial charge in [0.05, 0.1) is 23.0 Å². The van der Waals surface area contributed by atoms with Crippen molar-refractivity contribution >= 4 is 40.2 Å². The number of anilines is 1. The first-order chi connectivity index (χ1) is 19.2. The van der Waals surface area contributed by atoms with E-state index in [9.17, 15) is 19.5 Å². The van der Waals surface area contributed by atoms with Gasteiger partial charge in [0.1, 0.15) is 17.7 Å². The summed E-state index contributed by atoms with van der Waals surface area (Å²) in [6.07, 6.45) is 5.63. The lowest BCUT2D eigenvalue weighted by molar-refractivity contribution is -0.139. The van der Waals surface area contributed by atoms with Gasteiger partial charge in [0.15, 0.2) is 0 Å². The molecule has 4 N–H and O–H groups in total. The first-order valence-corrected chi connectivity index (χ1v) is 13.0.